The molecule has 0 spiro atoms. The van der Waals surface area contributed by atoms with Gasteiger partial charge in [-0.25, -0.2) is 0 Å². The van der Waals surface area contributed by atoms with E-state index >= 15 is 0 Å². The Morgan fingerprint density at radius 1 is 1.33 bits per heavy atom. The van der Waals surface area contributed by atoms with E-state index in [1.807, 2.05) is 6.92 Å². The Morgan fingerprint density at radius 3 is 2.73 bits per heavy atom. The Bertz CT molecular complexity index is 487. The molecule has 0 N–H and O–H groups in total. The number of fused-ring (bicyclic) bond motifs is 1. The average molecular weight is 231 g/mol. The predicted octanol–water partition coefficient (Wildman–Crippen LogP) is 3.91. The Kier molecular flexibility index (Phi) is 2.34. The van der Waals surface area contributed by atoms with E-state index in [4.69, 9.17) is 0 Å². The second-order valence-electron chi connectivity index (χ2n) is 3.02. The van der Waals surface area contributed by atoms with Crippen molar-refractivity contribution in [1.29, 1.82) is 0 Å². The number of thiophene rings is 1. The van der Waals surface area contributed by atoms with Crippen molar-refractivity contribution in [3.05, 3.63) is 28.5 Å². The minimum absolute atomic E-state index is 0.190. The topological polar surface area (TPSA) is 9.23 Å². The largest absolute Gasteiger partial charge is 0.573 e. The van der Waals surface area contributed by atoms with Crippen molar-refractivity contribution in [2.75, 3.05) is 0 Å². The van der Waals surface area contributed by atoms with E-state index in [0.29, 0.717) is 0 Å². The highest BCUT2D eigenvalue weighted by molar-refractivity contribution is 7.11. The van der Waals surface area contributed by atoms with E-state index in [0.717, 1.165) is 15.6 Å². The molecule has 15 heavy (non-hydrogen) atoms. The fourth-order valence-corrected chi connectivity index (χ4v) is 2.01. The Morgan fingerprint density at radius 2 is 2.07 bits per heavy atom. The molecule has 1 heterocycles. The van der Waals surface area contributed by atoms with Gasteiger partial charge in [-0.3, -0.25) is 0 Å². The van der Waals surface area contributed by atoms with Gasteiger partial charge in [0.15, 0.2) is 0 Å². The number of ether oxygens (including phenoxy) is 1. The summed E-state index contributed by atoms with van der Waals surface area (Å²) in [4.78, 5) is 0.928. The molecule has 0 bridgehead atoms. The van der Waals surface area contributed by atoms with Crippen LogP contribution in [0.2, 0.25) is 0 Å². The van der Waals surface area contributed by atoms with Crippen molar-refractivity contribution >= 4 is 22.1 Å². The highest BCUT2D eigenvalue weighted by atomic mass is 32.1. The van der Waals surface area contributed by atoms with Crippen molar-refractivity contribution in [3.63, 3.8) is 0 Å². The van der Waals surface area contributed by atoms with Crippen molar-refractivity contribution in [2.45, 2.75) is 13.3 Å². The average Bonchev–Trinajstić information content (AvgIpc) is 2.45. The molecular formula is C10H6F3OS. The third-order valence-corrected chi connectivity index (χ3v) is 2.77. The molecule has 0 aliphatic rings. The molecule has 0 saturated carbocycles. The summed E-state index contributed by atoms with van der Waals surface area (Å²) in [6.45, 7) is 1.83. The summed E-state index contributed by atoms with van der Waals surface area (Å²) in [5.74, 6) is -0.190. The van der Waals surface area contributed by atoms with Crippen LogP contribution in [0.4, 0.5) is 13.2 Å². The molecule has 0 atom stereocenters. The molecule has 1 nitrogen and oxygen atoms in total. The number of rotatable bonds is 1. The quantitative estimate of drug-likeness (QED) is 0.723. The molecule has 0 aliphatic carbocycles. The first kappa shape index (κ1) is 10.3. The van der Waals surface area contributed by atoms with Crippen LogP contribution in [-0.2, 0) is 0 Å². The smallest absolute Gasteiger partial charge is 0.406 e. The van der Waals surface area contributed by atoms with Gasteiger partial charge in [0.2, 0.25) is 0 Å². The third-order valence-electron chi connectivity index (χ3n) is 1.92. The van der Waals surface area contributed by atoms with Crippen LogP contribution in [0, 0.1) is 12.3 Å². The van der Waals surface area contributed by atoms with Crippen LogP contribution in [0.1, 0.15) is 4.88 Å². The minimum Gasteiger partial charge on any atom is -0.406 e. The van der Waals surface area contributed by atoms with Crippen LogP contribution in [0.25, 0.3) is 10.8 Å². The van der Waals surface area contributed by atoms with Gasteiger partial charge in [-0.05, 0) is 30.5 Å². The Hall–Kier alpha value is -1.23. The standard InChI is InChI=1S/C10H6F3OS/c1-6-9-4-8(14-10(11,12)13)3-2-7(9)5-15-6/h2-4H,1H3. The summed E-state index contributed by atoms with van der Waals surface area (Å²) >= 11 is 1.38. The number of hydrogen-bond donors (Lipinski definition) is 0. The molecule has 0 amide bonds. The van der Waals surface area contributed by atoms with E-state index in [-0.39, 0.29) is 5.75 Å². The molecule has 0 aliphatic heterocycles. The maximum atomic E-state index is 11.9. The summed E-state index contributed by atoms with van der Waals surface area (Å²) in [7, 11) is 0. The molecule has 0 unspecified atom stereocenters. The van der Waals surface area contributed by atoms with Crippen LogP contribution in [-0.4, -0.2) is 6.36 Å². The lowest BCUT2D eigenvalue weighted by Crippen LogP contribution is -2.16. The van der Waals surface area contributed by atoms with Crippen LogP contribution >= 0.6 is 11.3 Å². The van der Waals surface area contributed by atoms with Crippen molar-refractivity contribution in [3.8, 4) is 5.75 Å². The molecule has 0 saturated heterocycles. The van der Waals surface area contributed by atoms with Gasteiger partial charge in [-0.2, -0.15) is 0 Å². The summed E-state index contributed by atoms with van der Waals surface area (Å²) < 4.78 is 39.6. The molecule has 2 aromatic rings. The lowest BCUT2D eigenvalue weighted by molar-refractivity contribution is -0.274. The molecule has 2 rings (SSSR count). The van der Waals surface area contributed by atoms with Gasteiger partial charge in [-0.1, -0.05) is 0 Å². The number of benzene rings is 1. The number of hydrogen-bond acceptors (Lipinski definition) is 2. The van der Waals surface area contributed by atoms with Crippen molar-refractivity contribution < 1.29 is 17.9 Å². The molecule has 1 aromatic carbocycles. The van der Waals surface area contributed by atoms with Gasteiger partial charge in [0, 0.05) is 10.3 Å². The highest BCUT2D eigenvalue weighted by Gasteiger charge is 2.31. The highest BCUT2D eigenvalue weighted by Crippen LogP contribution is 2.30. The number of aryl methyl sites for hydroxylation is 1. The van der Waals surface area contributed by atoms with E-state index in [9.17, 15) is 13.2 Å². The zero-order valence-corrected chi connectivity index (χ0v) is 8.50. The maximum absolute atomic E-state index is 11.9. The number of alkyl halides is 3. The van der Waals surface area contributed by atoms with Crippen molar-refractivity contribution in [1.82, 2.24) is 0 Å². The minimum atomic E-state index is -4.64. The predicted molar refractivity (Wildman–Crippen MR) is 52.1 cm³/mol. The fourth-order valence-electron chi connectivity index (χ4n) is 1.29. The Labute approximate surface area is 88.1 Å². The van der Waals surface area contributed by atoms with Gasteiger partial charge in [0.1, 0.15) is 5.75 Å². The van der Waals surface area contributed by atoms with Crippen molar-refractivity contribution in [2.24, 2.45) is 0 Å². The summed E-state index contributed by atoms with van der Waals surface area (Å²) in [6, 6.07) is 4.24. The monoisotopic (exact) mass is 231 g/mol. The first-order chi connectivity index (χ1) is 6.96. The molecular weight excluding hydrogens is 225 g/mol. The van der Waals surface area contributed by atoms with Gasteiger partial charge in [0.05, 0.1) is 5.38 Å². The summed E-state index contributed by atoms with van der Waals surface area (Å²) in [5, 5.41) is 4.55. The van der Waals surface area contributed by atoms with Crippen LogP contribution < -0.4 is 4.74 Å². The lowest BCUT2D eigenvalue weighted by Gasteiger charge is -2.08. The second-order valence-corrected chi connectivity index (χ2v) is 4.04. The Balaban J connectivity index is 2.42. The summed E-state index contributed by atoms with van der Waals surface area (Å²) in [6.07, 6.45) is -4.64. The SMILES string of the molecule is Cc1s[c]c2ccc(OC(F)(F)F)cc12. The zero-order chi connectivity index (χ0) is 11.1. The zero-order valence-electron chi connectivity index (χ0n) is 7.68. The molecule has 5 heteroatoms. The van der Waals surface area contributed by atoms with Gasteiger partial charge in [-0.15, -0.1) is 24.5 Å². The van der Waals surface area contributed by atoms with Crippen LogP contribution in [0.15, 0.2) is 18.2 Å². The van der Waals surface area contributed by atoms with Gasteiger partial charge < -0.3 is 4.74 Å². The summed E-state index contributed by atoms with van der Waals surface area (Å²) in [5.41, 5.74) is 0. The van der Waals surface area contributed by atoms with Gasteiger partial charge >= 0.3 is 6.36 Å². The van der Waals surface area contributed by atoms with E-state index in [1.54, 1.807) is 6.07 Å². The van der Waals surface area contributed by atoms with Crippen LogP contribution in [0.5, 0.6) is 5.75 Å². The second kappa shape index (κ2) is 3.41. The van der Waals surface area contributed by atoms with Gasteiger partial charge in [0.25, 0.3) is 0 Å². The number of halogens is 3. The molecule has 1 aromatic heterocycles. The van der Waals surface area contributed by atoms with Crippen LogP contribution in [0.3, 0.4) is 0 Å². The van der Waals surface area contributed by atoms with E-state index < -0.39 is 6.36 Å². The van der Waals surface area contributed by atoms with E-state index in [2.05, 4.69) is 10.1 Å². The molecule has 0 fully saturated rings. The normalized spacial score (nSPS) is 12.0. The van der Waals surface area contributed by atoms with E-state index in [1.165, 1.54) is 23.5 Å². The lowest BCUT2D eigenvalue weighted by atomic mass is 10.2. The first-order valence-corrected chi connectivity index (χ1v) is 4.94. The third kappa shape index (κ3) is 2.23. The molecule has 79 valence electrons. The first-order valence-electron chi connectivity index (χ1n) is 4.12. The molecule has 1 radical (unpaired) electrons. The fraction of sp³-hybridized carbons (Fsp3) is 0.200. The maximum Gasteiger partial charge on any atom is 0.573 e.